The van der Waals surface area contributed by atoms with E-state index in [1.807, 2.05) is 56.5 Å². The molecule has 32 heavy (non-hydrogen) atoms. The van der Waals surface area contributed by atoms with Crippen LogP contribution in [0.15, 0.2) is 42.6 Å². The molecule has 0 aliphatic heterocycles. The Morgan fingerprint density at radius 3 is 2.47 bits per heavy atom. The molecule has 0 N–H and O–H groups in total. The molecule has 0 saturated heterocycles. The summed E-state index contributed by atoms with van der Waals surface area (Å²) in [6, 6.07) is 11.2. The molecule has 0 aliphatic carbocycles. The largest absolute Gasteiger partial charge is 0.494 e. The van der Waals surface area contributed by atoms with Crippen molar-refractivity contribution >= 4 is 17.5 Å². The van der Waals surface area contributed by atoms with Crippen LogP contribution in [0.3, 0.4) is 0 Å². The highest BCUT2D eigenvalue weighted by atomic mass is 16.5. The van der Waals surface area contributed by atoms with Crippen LogP contribution in [0, 0.1) is 20.8 Å². The number of benzene rings is 1. The maximum absolute atomic E-state index is 12.8. The number of nitrogens with zero attached hydrogens (tertiary/aromatic N) is 5. The molecular weight excluding hydrogens is 410 g/mol. The molecule has 0 amide bonds. The second-order valence-corrected chi connectivity index (χ2v) is 7.28. The SMILES string of the molecule is CCOc1ccc(-n2c(C)cc(C(=O)COC(=O)c3nc4nccc(C)n4n3)c2C)cc1. The first-order valence-electron chi connectivity index (χ1n) is 10.2. The summed E-state index contributed by atoms with van der Waals surface area (Å²) in [5.74, 6) is -0.139. The Morgan fingerprint density at radius 1 is 1.03 bits per heavy atom. The van der Waals surface area contributed by atoms with Crippen molar-refractivity contribution in [3.63, 3.8) is 0 Å². The van der Waals surface area contributed by atoms with Crippen molar-refractivity contribution in [1.82, 2.24) is 24.1 Å². The van der Waals surface area contributed by atoms with Gasteiger partial charge in [-0.1, -0.05) is 0 Å². The van der Waals surface area contributed by atoms with E-state index < -0.39 is 12.6 Å². The quantitative estimate of drug-likeness (QED) is 0.326. The van der Waals surface area contributed by atoms with Crippen molar-refractivity contribution in [2.24, 2.45) is 0 Å². The van der Waals surface area contributed by atoms with E-state index in [0.29, 0.717) is 17.9 Å². The molecule has 3 heterocycles. The number of Topliss-reactive ketones (excluding diaryl/α,β-unsaturated/α-hetero) is 1. The lowest BCUT2D eigenvalue weighted by Crippen LogP contribution is -2.16. The van der Waals surface area contributed by atoms with Crippen molar-refractivity contribution in [2.75, 3.05) is 13.2 Å². The van der Waals surface area contributed by atoms with Gasteiger partial charge in [0.2, 0.25) is 5.78 Å². The summed E-state index contributed by atoms with van der Waals surface area (Å²) in [6.07, 6.45) is 1.58. The fourth-order valence-corrected chi connectivity index (χ4v) is 3.57. The molecule has 0 radical (unpaired) electrons. The van der Waals surface area contributed by atoms with E-state index in [0.717, 1.165) is 28.5 Å². The van der Waals surface area contributed by atoms with Crippen LogP contribution in [-0.4, -0.2) is 49.1 Å². The Kier molecular flexibility index (Phi) is 5.72. The molecule has 0 atom stereocenters. The number of fused-ring (bicyclic) bond motifs is 1. The van der Waals surface area contributed by atoms with Crippen LogP contribution in [0.25, 0.3) is 11.5 Å². The number of ketones is 1. The highest BCUT2D eigenvalue weighted by Gasteiger charge is 2.21. The highest BCUT2D eigenvalue weighted by molar-refractivity contribution is 6.00. The predicted molar refractivity (Wildman–Crippen MR) is 117 cm³/mol. The van der Waals surface area contributed by atoms with Gasteiger partial charge in [-0.15, -0.1) is 5.10 Å². The number of carbonyl (C=O) groups excluding carboxylic acids is 2. The van der Waals surface area contributed by atoms with Gasteiger partial charge in [0.1, 0.15) is 5.75 Å². The number of aryl methyl sites for hydroxylation is 2. The van der Waals surface area contributed by atoms with Crippen LogP contribution in [0.1, 0.15) is 45.0 Å². The van der Waals surface area contributed by atoms with Gasteiger partial charge >= 0.3 is 5.97 Å². The maximum Gasteiger partial charge on any atom is 0.378 e. The third-order valence-electron chi connectivity index (χ3n) is 5.08. The molecule has 0 bridgehead atoms. The molecule has 0 spiro atoms. The molecule has 0 fully saturated rings. The molecule has 4 rings (SSSR count). The Hall–Kier alpha value is -4.01. The van der Waals surface area contributed by atoms with Gasteiger partial charge in [-0.05, 0) is 64.1 Å². The van der Waals surface area contributed by atoms with Gasteiger partial charge in [-0.25, -0.2) is 14.3 Å². The zero-order valence-electron chi connectivity index (χ0n) is 18.3. The molecule has 9 heteroatoms. The monoisotopic (exact) mass is 433 g/mol. The summed E-state index contributed by atoms with van der Waals surface area (Å²) in [6.45, 7) is 7.72. The average Bonchev–Trinajstić information content (AvgIpc) is 3.35. The van der Waals surface area contributed by atoms with Gasteiger partial charge in [0.15, 0.2) is 6.61 Å². The summed E-state index contributed by atoms with van der Waals surface area (Å²) in [5.41, 5.74) is 3.84. The first-order chi connectivity index (χ1) is 15.4. The number of carbonyl (C=O) groups is 2. The maximum atomic E-state index is 12.8. The fraction of sp³-hybridized carbons (Fsp3) is 0.261. The second-order valence-electron chi connectivity index (χ2n) is 7.28. The molecule has 9 nitrogen and oxygen atoms in total. The molecule has 164 valence electrons. The lowest BCUT2D eigenvalue weighted by atomic mass is 10.1. The van der Waals surface area contributed by atoms with Crippen LogP contribution in [-0.2, 0) is 4.74 Å². The number of esters is 1. The minimum Gasteiger partial charge on any atom is -0.494 e. The summed E-state index contributed by atoms with van der Waals surface area (Å²) in [4.78, 5) is 33.3. The predicted octanol–water partition coefficient (Wildman–Crippen LogP) is 3.28. The Labute approximate surface area is 184 Å². The van der Waals surface area contributed by atoms with Crippen molar-refractivity contribution < 1.29 is 19.1 Å². The highest BCUT2D eigenvalue weighted by Crippen LogP contribution is 2.23. The summed E-state index contributed by atoms with van der Waals surface area (Å²) in [7, 11) is 0. The number of ether oxygens (including phenoxy) is 2. The van der Waals surface area contributed by atoms with Gasteiger partial charge < -0.3 is 14.0 Å². The van der Waals surface area contributed by atoms with Crippen LogP contribution in [0.2, 0.25) is 0 Å². The van der Waals surface area contributed by atoms with Gasteiger partial charge in [-0.2, -0.15) is 4.98 Å². The Morgan fingerprint density at radius 2 is 1.78 bits per heavy atom. The minimum atomic E-state index is -0.774. The fourth-order valence-electron chi connectivity index (χ4n) is 3.57. The zero-order valence-corrected chi connectivity index (χ0v) is 18.3. The smallest absolute Gasteiger partial charge is 0.378 e. The molecule has 0 saturated carbocycles. The van der Waals surface area contributed by atoms with E-state index in [2.05, 4.69) is 15.1 Å². The molecule has 0 unspecified atom stereocenters. The van der Waals surface area contributed by atoms with Gasteiger partial charge in [-0.3, -0.25) is 4.79 Å². The van der Waals surface area contributed by atoms with Crippen molar-refractivity contribution in [3.8, 4) is 11.4 Å². The van der Waals surface area contributed by atoms with Crippen LogP contribution >= 0.6 is 0 Å². The summed E-state index contributed by atoms with van der Waals surface area (Å²) < 4.78 is 14.1. The van der Waals surface area contributed by atoms with E-state index in [1.54, 1.807) is 18.3 Å². The normalized spacial score (nSPS) is 11.0. The van der Waals surface area contributed by atoms with E-state index in [4.69, 9.17) is 9.47 Å². The van der Waals surface area contributed by atoms with E-state index in [1.165, 1.54) is 4.52 Å². The van der Waals surface area contributed by atoms with E-state index >= 15 is 0 Å². The first kappa shape index (κ1) is 21.2. The van der Waals surface area contributed by atoms with E-state index in [-0.39, 0.29) is 11.6 Å². The van der Waals surface area contributed by atoms with Crippen molar-refractivity contribution in [3.05, 3.63) is 71.1 Å². The van der Waals surface area contributed by atoms with E-state index in [9.17, 15) is 9.59 Å². The molecule has 1 aromatic carbocycles. The lowest BCUT2D eigenvalue weighted by Gasteiger charge is -2.11. The zero-order chi connectivity index (χ0) is 22.8. The molecule has 3 aromatic heterocycles. The topological polar surface area (TPSA) is 101 Å². The molecule has 4 aromatic rings. The van der Waals surface area contributed by atoms with Gasteiger partial charge in [0.25, 0.3) is 11.6 Å². The second kappa shape index (κ2) is 8.62. The van der Waals surface area contributed by atoms with Crippen molar-refractivity contribution in [2.45, 2.75) is 27.7 Å². The van der Waals surface area contributed by atoms with Crippen molar-refractivity contribution in [1.29, 1.82) is 0 Å². The third-order valence-corrected chi connectivity index (χ3v) is 5.08. The first-order valence-corrected chi connectivity index (χ1v) is 10.2. The summed E-state index contributed by atoms with van der Waals surface area (Å²) >= 11 is 0. The minimum absolute atomic E-state index is 0.139. The molecule has 0 aliphatic rings. The van der Waals surface area contributed by atoms with Crippen LogP contribution < -0.4 is 4.74 Å². The number of rotatable bonds is 7. The number of hydrogen-bond acceptors (Lipinski definition) is 7. The Balaban J connectivity index is 1.49. The Bertz CT molecular complexity index is 1300. The van der Waals surface area contributed by atoms with Gasteiger partial charge in [0.05, 0.1) is 6.61 Å². The van der Waals surface area contributed by atoms with Gasteiger partial charge in [0, 0.05) is 34.5 Å². The van der Waals surface area contributed by atoms with Crippen LogP contribution in [0.4, 0.5) is 0 Å². The standard InChI is InChI=1S/C23H23N5O4/c1-5-31-18-8-6-17(7-9-18)27-15(3)12-19(16(27)4)20(29)13-32-22(30)21-25-23-24-11-10-14(2)28(23)26-21/h6-12H,5,13H2,1-4H3. The van der Waals surface area contributed by atoms with Crippen LogP contribution in [0.5, 0.6) is 5.75 Å². The third kappa shape index (κ3) is 3.96. The number of aromatic nitrogens is 5. The average molecular weight is 433 g/mol. The lowest BCUT2D eigenvalue weighted by molar-refractivity contribution is 0.0462. The number of hydrogen-bond donors (Lipinski definition) is 0. The molecular formula is C23H23N5O4. The summed E-state index contributed by atoms with van der Waals surface area (Å²) in [5, 5.41) is 4.10.